The van der Waals surface area contributed by atoms with Crippen LogP contribution in [0.3, 0.4) is 0 Å². The zero-order valence-electron chi connectivity index (χ0n) is 14.3. The maximum Gasteiger partial charge on any atom is 0.231 e. The molecule has 25 heavy (non-hydrogen) atoms. The van der Waals surface area contributed by atoms with E-state index >= 15 is 0 Å². The van der Waals surface area contributed by atoms with Crippen molar-refractivity contribution >= 4 is 39.8 Å². The minimum Gasteiger partial charge on any atom is -0.454 e. The summed E-state index contributed by atoms with van der Waals surface area (Å²) in [5, 5.41) is 6.28. The van der Waals surface area contributed by atoms with Gasteiger partial charge in [0.1, 0.15) is 9.84 Å². The number of nitrogens with one attached hydrogen (secondary N) is 2. The molecule has 1 aromatic rings. The smallest absolute Gasteiger partial charge is 0.231 e. The molecule has 0 saturated carbocycles. The molecule has 1 aliphatic heterocycles. The molecule has 0 amide bonds. The Balaban J connectivity index is 0.00000312. The maximum absolute atomic E-state index is 11.0. The summed E-state index contributed by atoms with van der Waals surface area (Å²) in [4.78, 5) is 4.12. The van der Waals surface area contributed by atoms with Crippen molar-refractivity contribution in [2.75, 3.05) is 45.6 Å². The van der Waals surface area contributed by atoms with Crippen molar-refractivity contribution in [3.63, 3.8) is 0 Å². The third kappa shape index (κ3) is 8.10. The molecule has 0 unspecified atom stereocenters. The number of aliphatic imine (C=N–C) groups is 1. The summed E-state index contributed by atoms with van der Waals surface area (Å²) < 4.78 is 37.8. The number of guanidine groups is 1. The Kier molecular flexibility index (Phi) is 9.28. The molecule has 0 atom stereocenters. The van der Waals surface area contributed by atoms with Crippen LogP contribution in [-0.4, -0.2) is 60.0 Å². The van der Waals surface area contributed by atoms with Crippen molar-refractivity contribution in [1.29, 1.82) is 0 Å². The molecule has 0 aromatic heterocycles. The van der Waals surface area contributed by atoms with E-state index in [1.54, 1.807) is 7.05 Å². The summed E-state index contributed by atoms with van der Waals surface area (Å²) >= 11 is 0. The van der Waals surface area contributed by atoms with Crippen LogP contribution in [-0.2, 0) is 21.1 Å². The molecule has 0 saturated heterocycles. The first-order valence-electron chi connectivity index (χ1n) is 7.56. The Labute approximate surface area is 165 Å². The van der Waals surface area contributed by atoms with E-state index in [1.165, 1.54) is 6.26 Å². The average Bonchev–Trinajstić information content (AvgIpc) is 3.00. The zero-order chi connectivity index (χ0) is 17.4. The predicted molar refractivity (Wildman–Crippen MR) is 107 cm³/mol. The van der Waals surface area contributed by atoms with E-state index in [9.17, 15) is 8.42 Å². The van der Waals surface area contributed by atoms with Crippen LogP contribution in [0, 0.1) is 0 Å². The standard InChI is InChI=1S/C15H23N3O5S.HI/c1-16-15(17-5-6-21-7-8-24(2,19)20)18-10-12-3-4-13-14(9-12)23-11-22-13;/h3-4,9H,5-8,10-11H2,1-2H3,(H2,16,17,18);1H. The molecule has 0 bridgehead atoms. The van der Waals surface area contributed by atoms with Gasteiger partial charge in [0.05, 0.1) is 19.0 Å². The molecule has 1 heterocycles. The molecule has 8 nitrogen and oxygen atoms in total. The predicted octanol–water partition coefficient (Wildman–Crippen LogP) is 0.760. The minimum absolute atomic E-state index is 0. The quantitative estimate of drug-likeness (QED) is 0.243. The zero-order valence-corrected chi connectivity index (χ0v) is 17.4. The molecule has 0 radical (unpaired) electrons. The Morgan fingerprint density at radius 3 is 2.72 bits per heavy atom. The second-order valence-corrected chi connectivity index (χ2v) is 7.54. The highest BCUT2D eigenvalue weighted by Gasteiger charge is 2.13. The van der Waals surface area contributed by atoms with Crippen LogP contribution in [0.4, 0.5) is 0 Å². The number of sulfone groups is 1. The lowest BCUT2D eigenvalue weighted by Gasteiger charge is -2.12. The highest BCUT2D eigenvalue weighted by atomic mass is 127. The van der Waals surface area contributed by atoms with Crippen molar-refractivity contribution in [1.82, 2.24) is 10.6 Å². The van der Waals surface area contributed by atoms with Gasteiger partial charge >= 0.3 is 0 Å². The number of benzene rings is 1. The van der Waals surface area contributed by atoms with Crippen LogP contribution < -0.4 is 20.1 Å². The number of rotatable bonds is 8. The fourth-order valence-corrected chi connectivity index (χ4v) is 2.43. The van der Waals surface area contributed by atoms with Crippen molar-refractivity contribution in [2.45, 2.75) is 6.54 Å². The van der Waals surface area contributed by atoms with Gasteiger partial charge in [-0.3, -0.25) is 4.99 Å². The number of fused-ring (bicyclic) bond motifs is 1. The number of ether oxygens (including phenoxy) is 3. The first kappa shape index (κ1) is 21.8. The summed E-state index contributed by atoms with van der Waals surface area (Å²) in [7, 11) is -1.30. The Hall–Kier alpha value is -1.27. The number of halogens is 1. The van der Waals surface area contributed by atoms with E-state index in [-0.39, 0.29) is 43.1 Å². The van der Waals surface area contributed by atoms with Crippen molar-refractivity contribution < 1.29 is 22.6 Å². The number of hydrogen-bond acceptors (Lipinski definition) is 6. The van der Waals surface area contributed by atoms with Gasteiger partial charge in [-0.25, -0.2) is 8.42 Å². The maximum atomic E-state index is 11.0. The number of nitrogens with zero attached hydrogens (tertiary/aromatic N) is 1. The van der Waals surface area contributed by atoms with Gasteiger partial charge in [-0.2, -0.15) is 0 Å². The third-order valence-electron chi connectivity index (χ3n) is 3.26. The summed E-state index contributed by atoms with van der Waals surface area (Å²) in [5.41, 5.74) is 1.05. The third-order valence-corrected chi connectivity index (χ3v) is 4.17. The molecular formula is C15H24IN3O5S. The summed E-state index contributed by atoms with van der Waals surface area (Å²) in [6.07, 6.45) is 1.19. The lowest BCUT2D eigenvalue weighted by molar-refractivity contribution is 0.154. The molecule has 1 aromatic carbocycles. The SMILES string of the molecule is CN=C(NCCOCCS(C)(=O)=O)NCc1ccc2c(c1)OCO2.I. The van der Waals surface area contributed by atoms with Gasteiger partial charge in [0, 0.05) is 26.4 Å². The highest BCUT2D eigenvalue weighted by Crippen LogP contribution is 2.32. The van der Waals surface area contributed by atoms with Gasteiger partial charge < -0.3 is 24.8 Å². The number of hydrogen-bond donors (Lipinski definition) is 2. The van der Waals surface area contributed by atoms with Crippen molar-refractivity contribution in [2.24, 2.45) is 4.99 Å². The largest absolute Gasteiger partial charge is 0.454 e. The lowest BCUT2D eigenvalue weighted by Crippen LogP contribution is -2.38. The monoisotopic (exact) mass is 485 g/mol. The normalized spacial score (nSPS) is 13.3. The Bertz CT molecular complexity index is 682. The molecule has 2 rings (SSSR count). The van der Waals surface area contributed by atoms with Gasteiger partial charge in [0.25, 0.3) is 0 Å². The minimum atomic E-state index is -2.98. The molecule has 142 valence electrons. The highest BCUT2D eigenvalue weighted by molar-refractivity contribution is 14.0. The Morgan fingerprint density at radius 1 is 1.24 bits per heavy atom. The van der Waals surface area contributed by atoms with Crippen LogP contribution in [0.25, 0.3) is 0 Å². The van der Waals surface area contributed by atoms with E-state index < -0.39 is 9.84 Å². The molecule has 1 aliphatic rings. The van der Waals surface area contributed by atoms with Gasteiger partial charge in [-0.05, 0) is 17.7 Å². The average molecular weight is 485 g/mol. The van der Waals surface area contributed by atoms with E-state index in [4.69, 9.17) is 14.2 Å². The van der Waals surface area contributed by atoms with Crippen LogP contribution in [0.15, 0.2) is 23.2 Å². The topological polar surface area (TPSA) is 98.3 Å². The second kappa shape index (κ2) is 10.7. The van der Waals surface area contributed by atoms with Gasteiger partial charge in [-0.15, -0.1) is 24.0 Å². The van der Waals surface area contributed by atoms with Gasteiger partial charge in [-0.1, -0.05) is 6.07 Å². The molecular weight excluding hydrogens is 461 g/mol. The van der Waals surface area contributed by atoms with Crippen LogP contribution in [0.2, 0.25) is 0 Å². The van der Waals surface area contributed by atoms with E-state index in [1.807, 2.05) is 18.2 Å². The van der Waals surface area contributed by atoms with Crippen molar-refractivity contribution in [3.8, 4) is 11.5 Å². The molecule has 0 aliphatic carbocycles. The Morgan fingerprint density at radius 2 is 2.00 bits per heavy atom. The summed E-state index contributed by atoms with van der Waals surface area (Å²) in [5.74, 6) is 2.17. The first-order chi connectivity index (χ1) is 11.5. The van der Waals surface area contributed by atoms with Gasteiger partial charge in [0.15, 0.2) is 17.5 Å². The first-order valence-corrected chi connectivity index (χ1v) is 9.62. The second-order valence-electron chi connectivity index (χ2n) is 5.28. The van der Waals surface area contributed by atoms with Crippen molar-refractivity contribution in [3.05, 3.63) is 23.8 Å². The molecule has 0 fully saturated rings. The fourth-order valence-electron chi connectivity index (χ4n) is 2.01. The van der Waals surface area contributed by atoms with E-state index in [0.717, 1.165) is 17.1 Å². The van der Waals surface area contributed by atoms with Crippen LogP contribution in [0.5, 0.6) is 11.5 Å². The van der Waals surface area contributed by atoms with Crippen LogP contribution in [0.1, 0.15) is 5.56 Å². The molecule has 0 spiro atoms. The van der Waals surface area contributed by atoms with Gasteiger partial charge in [0.2, 0.25) is 6.79 Å². The van der Waals surface area contributed by atoms with Crippen LogP contribution >= 0.6 is 24.0 Å². The lowest BCUT2D eigenvalue weighted by atomic mass is 10.2. The summed E-state index contributed by atoms with van der Waals surface area (Å²) in [6, 6.07) is 5.77. The molecule has 10 heteroatoms. The fraction of sp³-hybridized carbons (Fsp3) is 0.533. The van der Waals surface area contributed by atoms with E-state index in [2.05, 4.69) is 15.6 Å². The van der Waals surface area contributed by atoms with E-state index in [0.29, 0.717) is 25.7 Å². The molecule has 2 N–H and O–H groups in total. The summed E-state index contributed by atoms with van der Waals surface area (Å²) in [6.45, 7) is 1.98.